The molecule has 0 fully saturated rings. The third-order valence-corrected chi connectivity index (χ3v) is 5.66. The SMILES string of the molecule is CN1C(c2ccccc2)=NC(c2ccccc2)(c2ccccc2)c2ccccc21. The van der Waals surface area contributed by atoms with Crippen LogP contribution in [0.1, 0.15) is 22.3 Å². The van der Waals surface area contributed by atoms with E-state index in [0.29, 0.717) is 0 Å². The number of rotatable bonds is 3. The van der Waals surface area contributed by atoms with Crippen molar-refractivity contribution in [1.82, 2.24) is 0 Å². The van der Waals surface area contributed by atoms with Gasteiger partial charge in [-0.25, -0.2) is 4.99 Å². The first-order chi connectivity index (χ1) is 14.3. The first-order valence-electron chi connectivity index (χ1n) is 9.90. The Balaban J connectivity index is 1.90. The van der Waals surface area contributed by atoms with E-state index < -0.39 is 5.54 Å². The van der Waals surface area contributed by atoms with E-state index in [-0.39, 0.29) is 0 Å². The Labute approximate surface area is 171 Å². The Bertz CT molecular complexity index is 1110. The molecule has 1 aliphatic rings. The van der Waals surface area contributed by atoms with Crippen molar-refractivity contribution < 1.29 is 0 Å². The zero-order valence-electron chi connectivity index (χ0n) is 16.4. The van der Waals surface area contributed by atoms with E-state index in [4.69, 9.17) is 4.99 Å². The van der Waals surface area contributed by atoms with Gasteiger partial charge < -0.3 is 4.90 Å². The Hall–Kier alpha value is -3.65. The first kappa shape index (κ1) is 17.4. The van der Waals surface area contributed by atoms with Gasteiger partial charge in [-0.2, -0.15) is 0 Å². The zero-order chi connectivity index (χ0) is 19.7. The van der Waals surface area contributed by atoms with E-state index in [1.807, 2.05) is 6.07 Å². The molecule has 0 spiro atoms. The topological polar surface area (TPSA) is 15.6 Å². The van der Waals surface area contributed by atoms with Crippen LogP contribution < -0.4 is 4.90 Å². The second-order valence-electron chi connectivity index (χ2n) is 7.32. The lowest BCUT2D eigenvalue weighted by atomic mass is 9.75. The average molecular weight is 374 g/mol. The smallest absolute Gasteiger partial charge is 0.140 e. The molecule has 0 saturated carbocycles. The number of anilines is 1. The van der Waals surface area contributed by atoms with Crippen LogP contribution >= 0.6 is 0 Å². The maximum atomic E-state index is 5.49. The van der Waals surface area contributed by atoms with Crippen LogP contribution in [0.4, 0.5) is 5.69 Å². The molecule has 29 heavy (non-hydrogen) atoms. The predicted octanol–water partition coefficient (Wildman–Crippen LogP) is 5.88. The molecule has 4 aromatic rings. The van der Waals surface area contributed by atoms with E-state index in [2.05, 4.69) is 121 Å². The van der Waals surface area contributed by atoms with Gasteiger partial charge in [0.25, 0.3) is 0 Å². The van der Waals surface area contributed by atoms with Gasteiger partial charge in [-0.15, -0.1) is 0 Å². The lowest BCUT2D eigenvalue weighted by Gasteiger charge is -2.41. The summed E-state index contributed by atoms with van der Waals surface area (Å²) in [7, 11) is 2.10. The van der Waals surface area contributed by atoms with Crippen LogP contribution in [0.5, 0.6) is 0 Å². The summed E-state index contributed by atoms with van der Waals surface area (Å²) in [5.74, 6) is 0.969. The van der Waals surface area contributed by atoms with Crippen LogP contribution in [-0.2, 0) is 5.54 Å². The minimum absolute atomic E-state index is 0.600. The van der Waals surface area contributed by atoms with Crippen LogP contribution in [0, 0.1) is 0 Å². The van der Waals surface area contributed by atoms with Crippen molar-refractivity contribution in [3.63, 3.8) is 0 Å². The van der Waals surface area contributed by atoms with Gasteiger partial charge in [-0.05, 0) is 17.2 Å². The van der Waals surface area contributed by atoms with E-state index in [1.165, 1.54) is 22.4 Å². The summed E-state index contributed by atoms with van der Waals surface area (Å²) in [5, 5.41) is 0. The number of amidine groups is 1. The quantitative estimate of drug-likeness (QED) is 0.437. The summed E-state index contributed by atoms with van der Waals surface area (Å²) >= 11 is 0. The van der Waals surface area contributed by atoms with Crippen molar-refractivity contribution in [2.45, 2.75) is 5.54 Å². The van der Waals surface area contributed by atoms with Crippen molar-refractivity contribution in [3.8, 4) is 0 Å². The van der Waals surface area contributed by atoms with Gasteiger partial charge in [-0.3, -0.25) is 0 Å². The Kier molecular flexibility index (Phi) is 4.25. The summed E-state index contributed by atoms with van der Waals surface area (Å²) in [6.45, 7) is 0. The monoisotopic (exact) mass is 374 g/mol. The van der Waals surface area contributed by atoms with Crippen LogP contribution in [0.25, 0.3) is 0 Å². The normalized spacial score (nSPS) is 14.8. The highest BCUT2D eigenvalue weighted by atomic mass is 15.2. The second kappa shape index (κ2) is 7.06. The molecule has 1 aliphatic heterocycles. The lowest BCUT2D eigenvalue weighted by Crippen LogP contribution is -2.41. The Morgan fingerprint density at radius 3 is 1.66 bits per heavy atom. The number of benzene rings is 4. The molecule has 0 aliphatic carbocycles. The van der Waals surface area contributed by atoms with Gasteiger partial charge >= 0.3 is 0 Å². The fourth-order valence-electron chi connectivity index (χ4n) is 4.29. The van der Waals surface area contributed by atoms with E-state index >= 15 is 0 Å². The number of hydrogen-bond acceptors (Lipinski definition) is 2. The van der Waals surface area contributed by atoms with Crippen molar-refractivity contribution in [1.29, 1.82) is 0 Å². The third-order valence-electron chi connectivity index (χ3n) is 5.66. The van der Waals surface area contributed by atoms with Gasteiger partial charge in [0.05, 0.1) is 0 Å². The average Bonchev–Trinajstić information content (AvgIpc) is 2.81. The maximum Gasteiger partial charge on any atom is 0.140 e. The molecule has 0 amide bonds. The maximum absolute atomic E-state index is 5.49. The second-order valence-corrected chi connectivity index (χ2v) is 7.32. The molecule has 0 unspecified atom stereocenters. The molecule has 0 aromatic heterocycles. The molecule has 1 heterocycles. The Morgan fingerprint density at radius 1 is 0.586 bits per heavy atom. The third kappa shape index (κ3) is 2.76. The number of fused-ring (bicyclic) bond motifs is 1. The fraction of sp³-hybridized carbons (Fsp3) is 0.0741. The highest BCUT2D eigenvalue weighted by molar-refractivity contribution is 6.12. The molecule has 0 radical (unpaired) electrons. The van der Waals surface area contributed by atoms with Crippen LogP contribution in [0.3, 0.4) is 0 Å². The van der Waals surface area contributed by atoms with E-state index in [9.17, 15) is 0 Å². The Morgan fingerprint density at radius 2 is 1.07 bits per heavy atom. The van der Waals surface area contributed by atoms with Crippen molar-refractivity contribution in [2.75, 3.05) is 11.9 Å². The summed E-state index contributed by atoms with van der Waals surface area (Å²) in [5.41, 5.74) is 5.21. The fourth-order valence-corrected chi connectivity index (χ4v) is 4.29. The summed E-state index contributed by atoms with van der Waals surface area (Å²) < 4.78 is 0. The summed E-state index contributed by atoms with van der Waals surface area (Å²) in [6, 6.07) is 40.3. The largest absolute Gasteiger partial charge is 0.329 e. The molecule has 0 saturated heterocycles. The molecular formula is C27H22N2. The molecule has 0 atom stereocenters. The molecule has 2 nitrogen and oxygen atoms in total. The molecule has 0 N–H and O–H groups in total. The van der Waals surface area contributed by atoms with Crippen molar-refractivity contribution in [3.05, 3.63) is 138 Å². The summed E-state index contributed by atoms with van der Waals surface area (Å²) in [4.78, 5) is 7.69. The highest BCUT2D eigenvalue weighted by Gasteiger charge is 2.42. The van der Waals surface area contributed by atoms with Crippen LogP contribution in [0.15, 0.2) is 120 Å². The number of hydrogen-bond donors (Lipinski definition) is 0. The van der Waals surface area contributed by atoms with Crippen molar-refractivity contribution in [2.24, 2.45) is 4.99 Å². The number of aliphatic imine (C=N–C) groups is 1. The molecule has 2 heteroatoms. The van der Waals surface area contributed by atoms with Crippen molar-refractivity contribution >= 4 is 11.5 Å². The molecule has 4 aromatic carbocycles. The summed E-state index contributed by atoms with van der Waals surface area (Å²) in [6.07, 6.45) is 0. The van der Waals surface area contributed by atoms with E-state index in [1.54, 1.807) is 0 Å². The molecule has 140 valence electrons. The van der Waals surface area contributed by atoms with E-state index in [0.717, 1.165) is 11.4 Å². The minimum atomic E-state index is -0.600. The highest BCUT2D eigenvalue weighted by Crippen LogP contribution is 2.47. The van der Waals surface area contributed by atoms with Crippen LogP contribution in [-0.4, -0.2) is 12.9 Å². The number of para-hydroxylation sites is 1. The minimum Gasteiger partial charge on any atom is -0.329 e. The first-order valence-corrected chi connectivity index (χ1v) is 9.90. The molecular weight excluding hydrogens is 352 g/mol. The predicted molar refractivity (Wildman–Crippen MR) is 121 cm³/mol. The van der Waals surface area contributed by atoms with Gasteiger partial charge in [0.2, 0.25) is 0 Å². The molecule has 0 bridgehead atoms. The van der Waals surface area contributed by atoms with Gasteiger partial charge in [0, 0.05) is 23.9 Å². The lowest BCUT2D eigenvalue weighted by molar-refractivity contribution is 0.644. The van der Waals surface area contributed by atoms with Gasteiger partial charge in [0.15, 0.2) is 0 Å². The van der Waals surface area contributed by atoms with Gasteiger partial charge in [0.1, 0.15) is 11.4 Å². The van der Waals surface area contributed by atoms with Gasteiger partial charge in [-0.1, -0.05) is 109 Å². The zero-order valence-corrected chi connectivity index (χ0v) is 16.4. The number of nitrogens with zero attached hydrogens (tertiary/aromatic N) is 2. The van der Waals surface area contributed by atoms with Crippen LogP contribution in [0.2, 0.25) is 0 Å². The molecule has 5 rings (SSSR count). The standard InChI is InChI=1S/C27H22N2/c1-29-25-20-12-11-19-24(25)27(22-15-7-3-8-16-22,23-17-9-4-10-18-23)28-26(29)21-13-5-2-6-14-21/h2-20H,1H3.